The summed E-state index contributed by atoms with van der Waals surface area (Å²) in [5.74, 6) is -0.236. The molecule has 18 heavy (non-hydrogen) atoms. The largest absolute Gasteiger partial charge is 0.339 e. The highest BCUT2D eigenvalue weighted by Crippen LogP contribution is 2.34. The molecule has 0 saturated heterocycles. The third-order valence-electron chi connectivity index (χ3n) is 3.08. The minimum absolute atomic E-state index is 0.236. The van der Waals surface area contributed by atoms with Crippen molar-refractivity contribution in [2.24, 2.45) is 0 Å². The first-order valence-corrected chi connectivity index (χ1v) is 6.25. The second-order valence-corrected chi connectivity index (χ2v) is 4.49. The second-order valence-electron chi connectivity index (χ2n) is 4.49. The topological polar surface area (TPSA) is 3.24 Å². The van der Waals surface area contributed by atoms with Crippen molar-refractivity contribution in [2.75, 3.05) is 6.54 Å². The van der Waals surface area contributed by atoms with Crippen molar-refractivity contribution in [1.29, 1.82) is 0 Å². The molecule has 1 aliphatic heterocycles. The number of halogens is 1. The van der Waals surface area contributed by atoms with Gasteiger partial charge in [0.2, 0.25) is 0 Å². The molecule has 0 atom stereocenters. The second kappa shape index (κ2) is 5.21. The van der Waals surface area contributed by atoms with Gasteiger partial charge in [-0.3, -0.25) is 0 Å². The van der Waals surface area contributed by atoms with Gasteiger partial charge in [-0.05, 0) is 30.6 Å². The maximum absolute atomic E-state index is 13.8. The van der Waals surface area contributed by atoms with Crippen molar-refractivity contribution in [2.45, 2.75) is 20.3 Å². The van der Waals surface area contributed by atoms with E-state index < -0.39 is 0 Å². The van der Waals surface area contributed by atoms with Crippen LogP contribution in [0.4, 0.5) is 4.39 Å². The van der Waals surface area contributed by atoms with E-state index in [0.29, 0.717) is 5.70 Å². The van der Waals surface area contributed by atoms with Crippen LogP contribution in [0.5, 0.6) is 0 Å². The normalized spacial score (nSPS) is 16.1. The van der Waals surface area contributed by atoms with Gasteiger partial charge in [0.1, 0.15) is 5.83 Å². The Bertz CT molecular complexity index is 511. The predicted molar refractivity (Wildman–Crippen MR) is 74.4 cm³/mol. The first-order chi connectivity index (χ1) is 8.65. The van der Waals surface area contributed by atoms with Crippen molar-refractivity contribution >= 4 is 5.70 Å². The number of allylic oxidation sites excluding steroid dienone is 3. The van der Waals surface area contributed by atoms with E-state index in [1.54, 1.807) is 6.08 Å². The van der Waals surface area contributed by atoms with Crippen molar-refractivity contribution in [1.82, 2.24) is 4.90 Å². The zero-order valence-corrected chi connectivity index (χ0v) is 10.9. The highest BCUT2D eigenvalue weighted by Gasteiger charge is 2.23. The summed E-state index contributed by atoms with van der Waals surface area (Å²) in [6.07, 6.45) is 2.52. The maximum atomic E-state index is 13.8. The molecular weight excluding hydrogens is 225 g/mol. The van der Waals surface area contributed by atoms with E-state index in [9.17, 15) is 4.39 Å². The van der Waals surface area contributed by atoms with Gasteiger partial charge < -0.3 is 4.90 Å². The molecule has 1 aliphatic rings. The lowest BCUT2D eigenvalue weighted by molar-refractivity contribution is 0.451. The van der Waals surface area contributed by atoms with Crippen LogP contribution in [0, 0.1) is 0 Å². The Morgan fingerprint density at radius 3 is 2.50 bits per heavy atom. The van der Waals surface area contributed by atoms with Gasteiger partial charge in [0.15, 0.2) is 0 Å². The average Bonchev–Trinajstić information content (AvgIpc) is 2.37. The molecule has 0 aromatic heterocycles. The smallest absolute Gasteiger partial charge is 0.146 e. The lowest BCUT2D eigenvalue weighted by Gasteiger charge is -2.32. The van der Waals surface area contributed by atoms with Gasteiger partial charge in [-0.25, -0.2) is 4.39 Å². The highest BCUT2D eigenvalue weighted by molar-refractivity contribution is 5.73. The first kappa shape index (κ1) is 12.6. The van der Waals surface area contributed by atoms with Gasteiger partial charge in [0.25, 0.3) is 0 Å². The third kappa shape index (κ3) is 2.23. The summed E-state index contributed by atoms with van der Waals surface area (Å²) in [6.45, 7) is 8.66. The Morgan fingerprint density at radius 2 is 1.89 bits per heavy atom. The minimum atomic E-state index is -0.236. The van der Waals surface area contributed by atoms with Crippen LogP contribution in [0.3, 0.4) is 0 Å². The summed E-state index contributed by atoms with van der Waals surface area (Å²) in [6, 6.07) is 10.1. The first-order valence-electron chi connectivity index (χ1n) is 6.25. The maximum Gasteiger partial charge on any atom is 0.146 e. The van der Waals surface area contributed by atoms with E-state index in [1.807, 2.05) is 42.2 Å². The molecule has 0 bridgehead atoms. The van der Waals surface area contributed by atoms with E-state index in [1.165, 1.54) is 0 Å². The number of rotatable bonds is 3. The van der Waals surface area contributed by atoms with Crippen LogP contribution in [0.2, 0.25) is 0 Å². The zero-order chi connectivity index (χ0) is 13.1. The van der Waals surface area contributed by atoms with Crippen molar-refractivity contribution in [3.8, 4) is 0 Å². The molecule has 0 spiro atoms. The lowest BCUT2D eigenvalue weighted by Crippen LogP contribution is -2.25. The van der Waals surface area contributed by atoms with Gasteiger partial charge in [0.05, 0.1) is 11.4 Å². The summed E-state index contributed by atoms with van der Waals surface area (Å²) in [4.78, 5) is 1.97. The molecule has 1 nitrogen and oxygen atoms in total. The molecular formula is C16H18FN. The van der Waals surface area contributed by atoms with Gasteiger partial charge in [-0.15, -0.1) is 0 Å². The van der Waals surface area contributed by atoms with Crippen molar-refractivity contribution in [3.05, 3.63) is 65.6 Å². The summed E-state index contributed by atoms with van der Waals surface area (Å²) in [7, 11) is 0. The molecule has 0 saturated carbocycles. The molecule has 2 rings (SSSR count). The van der Waals surface area contributed by atoms with Crippen molar-refractivity contribution in [3.63, 3.8) is 0 Å². The van der Waals surface area contributed by atoms with Gasteiger partial charge >= 0.3 is 0 Å². The standard InChI is InChI=1S/C16H18FN/c1-4-10-18-13(3)15(17)11-12(2)16(18)14-8-6-5-7-9-14/h5-9,11H,3-4,10H2,1-2H3. The summed E-state index contributed by atoms with van der Waals surface area (Å²) in [5, 5.41) is 0. The monoisotopic (exact) mass is 243 g/mol. The molecule has 94 valence electrons. The Morgan fingerprint density at radius 1 is 1.22 bits per heavy atom. The van der Waals surface area contributed by atoms with Crippen LogP contribution in [-0.2, 0) is 0 Å². The SMILES string of the molecule is C=C1C(F)=CC(C)=C(c2ccccc2)N1CCC. The van der Waals surface area contributed by atoms with Gasteiger partial charge in [-0.1, -0.05) is 43.8 Å². The van der Waals surface area contributed by atoms with Crippen LogP contribution >= 0.6 is 0 Å². The van der Waals surface area contributed by atoms with E-state index >= 15 is 0 Å². The van der Waals surface area contributed by atoms with E-state index in [2.05, 4.69) is 13.5 Å². The van der Waals surface area contributed by atoms with Gasteiger partial charge in [-0.2, -0.15) is 0 Å². The Labute approximate surface area is 108 Å². The molecule has 1 aromatic carbocycles. The molecule has 0 radical (unpaired) electrons. The number of hydrogen-bond acceptors (Lipinski definition) is 1. The molecule has 0 aliphatic carbocycles. The van der Waals surface area contributed by atoms with Crippen LogP contribution in [0.25, 0.3) is 5.70 Å². The molecule has 0 unspecified atom stereocenters. The number of nitrogens with zero attached hydrogens (tertiary/aromatic N) is 1. The highest BCUT2D eigenvalue weighted by atomic mass is 19.1. The average molecular weight is 243 g/mol. The quantitative estimate of drug-likeness (QED) is 0.755. The molecule has 1 aromatic rings. The van der Waals surface area contributed by atoms with Crippen LogP contribution in [-0.4, -0.2) is 11.4 Å². The van der Waals surface area contributed by atoms with E-state index in [0.717, 1.165) is 29.8 Å². The van der Waals surface area contributed by atoms with Crippen LogP contribution in [0.1, 0.15) is 25.8 Å². The summed E-state index contributed by atoms with van der Waals surface area (Å²) in [5.41, 5.74) is 3.57. The van der Waals surface area contributed by atoms with Gasteiger partial charge in [0, 0.05) is 6.54 Å². The number of hydrogen-bond donors (Lipinski definition) is 0. The lowest BCUT2D eigenvalue weighted by atomic mass is 10.0. The molecule has 0 N–H and O–H groups in total. The van der Waals surface area contributed by atoms with Crippen molar-refractivity contribution < 1.29 is 4.39 Å². The summed E-state index contributed by atoms with van der Waals surface area (Å²) < 4.78 is 13.8. The third-order valence-corrected chi connectivity index (χ3v) is 3.08. The fourth-order valence-corrected chi connectivity index (χ4v) is 2.27. The fourth-order valence-electron chi connectivity index (χ4n) is 2.27. The minimum Gasteiger partial charge on any atom is -0.339 e. The van der Waals surface area contributed by atoms with Crippen LogP contribution in [0.15, 0.2) is 60.1 Å². The molecule has 1 heterocycles. The Hall–Kier alpha value is -1.83. The van der Waals surface area contributed by atoms with E-state index in [4.69, 9.17) is 0 Å². The molecule has 2 heteroatoms. The zero-order valence-electron chi connectivity index (χ0n) is 10.9. The Kier molecular flexibility index (Phi) is 3.66. The summed E-state index contributed by atoms with van der Waals surface area (Å²) >= 11 is 0. The molecule has 0 fully saturated rings. The predicted octanol–water partition coefficient (Wildman–Crippen LogP) is 4.51. The van der Waals surface area contributed by atoms with E-state index in [-0.39, 0.29) is 5.83 Å². The number of benzene rings is 1. The Balaban J connectivity index is 2.52. The fraction of sp³-hybridized carbons (Fsp3) is 0.250. The molecule has 0 amide bonds. The van der Waals surface area contributed by atoms with Crippen LogP contribution < -0.4 is 0 Å².